The minimum atomic E-state index is -3.73. The predicted octanol–water partition coefficient (Wildman–Crippen LogP) is 3.44. The number of halogens is 1. The van der Waals surface area contributed by atoms with E-state index in [2.05, 4.69) is 15.2 Å². The molecule has 0 atom stereocenters. The zero-order valence-corrected chi connectivity index (χ0v) is 16.5. The van der Waals surface area contributed by atoms with E-state index in [9.17, 15) is 8.42 Å². The normalized spacial score (nSPS) is 15.3. The van der Waals surface area contributed by atoms with Crippen LogP contribution in [0.4, 0.5) is 5.82 Å². The lowest BCUT2D eigenvalue weighted by Gasteiger charge is -2.29. The number of aryl methyl sites for hydroxylation is 1. The van der Waals surface area contributed by atoms with Gasteiger partial charge in [0.25, 0.3) is 0 Å². The maximum Gasteiger partial charge on any atom is 0.208 e. The quantitative estimate of drug-likeness (QED) is 0.728. The molecule has 140 valence electrons. The van der Waals surface area contributed by atoms with Gasteiger partial charge in [-0.25, -0.2) is 13.4 Å². The molecule has 0 saturated carbocycles. The molecule has 2 heterocycles. The second-order valence-corrected chi connectivity index (χ2v) is 8.94. The van der Waals surface area contributed by atoms with Crippen molar-refractivity contribution in [3.05, 3.63) is 59.2 Å². The summed E-state index contributed by atoms with van der Waals surface area (Å²) >= 11 is 6.23. The van der Waals surface area contributed by atoms with E-state index in [0.717, 1.165) is 42.8 Å². The van der Waals surface area contributed by atoms with Crippen molar-refractivity contribution in [1.82, 2.24) is 10.3 Å². The molecule has 2 aromatic carbocycles. The second-order valence-electron chi connectivity index (χ2n) is 6.64. The highest BCUT2D eigenvalue weighted by Gasteiger charge is 2.24. The van der Waals surface area contributed by atoms with Gasteiger partial charge in [-0.05, 0) is 42.1 Å². The van der Waals surface area contributed by atoms with Crippen molar-refractivity contribution in [1.29, 1.82) is 0 Å². The Hall–Kier alpha value is -2.15. The maximum atomic E-state index is 13.3. The van der Waals surface area contributed by atoms with Crippen LogP contribution < -0.4 is 10.2 Å². The molecule has 0 amide bonds. The van der Waals surface area contributed by atoms with Crippen molar-refractivity contribution in [2.45, 2.75) is 16.7 Å². The molecule has 0 radical (unpaired) electrons. The van der Waals surface area contributed by atoms with Crippen molar-refractivity contribution in [3.8, 4) is 0 Å². The van der Waals surface area contributed by atoms with Crippen LogP contribution in [0.3, 0.4) is 0 Å². The van der Waals surface area contributed by atoms with Crippen LogP contribution in [-0.4, -0.2) is 39.6 Å². The fourth-order valence-electron chi connectivity index (χ4n) is 3.50. The molecule has 1 aliphatic rings. The van der Waals surface area contributed by atoms with Gasteiger partial charge in [-0.3, -0.25) is 0 Å². The van der Waals surface area contributed by atoms with Crippen LogP contribution in [0.5, 0.6) is 0 Å². The molecule has 0 bridgehead atoms. The third kappa shape index (κ3) is 3.29. The summed E-state index contributed by atoms with van der Waals surface area (Å²) < 4.78 is 26.6. The fraction of sp³-hybridized carbons (Fsp3) is 0.250. The van der Waals surface area contributed by atoms with Crippen LogP contribution in [-0.2, 0) is 9.84 Å². The van der Waals surface area contributed by atoms with Crippen LogP contribution >= 0.6 is 11.6 Å². The number of fused-ring (bicyclic) bond motifs is 1. The summed E-state index contributed by atoms with van der Waals surface area (Å²) in [5.41, 5.74) is 0.635. The first-order valence-electron chi connectivity index (χ1n) is 8.83. The first kappa shape index (κ1) is 18.2. The van der Waals surface area contributed by atoms with Crippen LogP contribution in [0.1, 0.15) is 5.56 Å². The van der Waals surface area contributed by atoms with Crippen molar-refractivity contribution < 1.29 is 8.42 Å². The molecular weight excluding hydrogens is 382 g/mol. The number of hydrogen-bond acceptors (Lipinski definition) is 5. The lowest BCUT2D eigenvalue weighted by Crippen LogP contribution is -2.43. The largest absolute Gasteiger partial charge is 0.354 e. The Balaban J connectivity index is 1.88. The third-order valence-corrected chi connectivity index (χ3v) is 7.26. The van der Waals surface area contributed by atoms with Crippen LogP contribution in [0.25, 0.3) is 10.8 Å². The Morgan fingerprint density at radius 3 is 2.63 bits per heavy atom. The summed E-state index contributed by atoms with van der Waals surface area (Å²) in [6.45, 7) is 5.21. The van der Waals surface area contributed by atoms with Crippen LogP contribution in [0.15, 0.2) is 58.5 Å². The van der Waals surface area contributed by atoms with E-state index in [4.69, 9.17) is 11.6 Å². The van der Waals surface area contributed by atoms with Gasteiger partial charge in [-0.1, -0.05) is 29.8 Å². The molecule has 4 rings (SSSR count). The van der Waals surface area contributed by atoms with E-state index in [1.165, 1.54) is 0 Å². The van der Waals surface area contributed by atoms with E-state index >= 15 is 0 Å². The predicted molar refractivity (Wildman–Crippen MR) is 108 cm³/mol. The minimum absolute atomic E-state index is 0.165. The van der Waals surface area contributed by atoms with Crippen molar-refractivity contribution in [2.24, 2.45) is 0 Å². The summed E-state index contributed by atoms with van der Waals surface area (Å²) in [7, 11) is -3.73. The summed E-state index contributed by atoms with van der Waals surface area (Å²) in [5, 5.41) is 5.37. The highest BCUT2D eigenvalue weighted by Crippen LogP contribution is 2.33. The lowest BCUT2D eigenvalue weighted by atomic mass is 10.1. The average Bonchev–Trinajstić information content (AvgIpc) is 2.67. The highest BCUT2D eigenvalue weighted by molar-refractivity contribution is 7.91. The van der Waals surface area contributed by atoms with Crippen molar-refractivity contribution in [2.75, 3.05) is 31.1 Å². The van der Waals surface area contributed by atoms with Gasteiger partial charge >= 0.3 is 0 Å². The lowest BCUT2D eigenvalue weighted by molar-refractivity contribution is 0.586. The number of rotatable bonds is 3. The Morgan fingerprint density at radius 2 is 1.89 bits per heavy atom. The Morgan fingerprint density at radius 1 is 1.11 bits per heavy atom. The van der Waals surface area contributed by atoms with Gasteiger partial charge in [0.1, 0.15) is 5.82 Å². The number of nitrogens with zero attached hydrogens (tertiary/aromatic N) is 2. The van der Waals surface area contributed by atoms with Gasteiger partial charge < -0.3 is 10.2 Å². The minimum Gasteiger partial charge on any atom is -0.354 e. The molecule has 3 aromatic rings. The van der Waals surface area contributed by atoms with Crippen molar-refractivity contribution >= 4 is 38.0 Å². The number of aromatic nitrogens is 1. The molecule has 5 nitrogen and oxygen atoms in total. The van der Waals surface area contributed by atoms with Crippen molar-refractivity contribution in [3.63, 3.8) is 0 Å². The SMILES string of the molecule is Cc1cccc(Cl)c1S(=O)(=O)c1ccc2ccnc(N3CCNCC3)c2c1. The van der Waals surface area contributed by atoms with Crippen LogP contribution in [0.2, 0.25) is 5.02 Å². The van der Waals surface area contributed by atoms with Gasteiger partial charge in [0.15, 0.2) is 0 Å². The molecule has 1 fully saturated rings. The fourth-order valence-corrected chi connectivity index (χ4v) is 5.60. The molecule has 0 aliphatic carbocycles. The molecule has 1 aliphatic heterocycles. The van der Waals surface area contributed by atoms with Crippen LogP contribution in [0, 0.1) is 6.92 Å². The second kappa shape index (κ2) is 7.11. The molecule has 1 saturated heterocycles. The number of hydrogen-bond donors (Lipinski definition) is 1. The molecule has 27 heavy (non-hydrogen) atoms. The van der Waals surface area contributed by atoms with E-state index in [1.807, 2.05) is 12.1 Å². The first-order chi connectivity index (χ1) is 13.0. The maximum absolute atomic E-state index is 13.3. The molecule has 0 unspecified atom stereocenters. The molecule has 1 N–H and O–H groups in total. The highest BCUT2D eigenvalue weighted by atomic mass is 35.5. The van der Waals surface area contributed by atoms with E-state index in [-0.39, 0.29) is 14.8 Å². The number of nitrogens with one attached hydrogen (secondary N) is 1. The van der Waals surface area contributed by atoms with E-state index < -0.39 is 9.84 Å². The number of pyridine rings is 1. The zero-order valence-electron chi connectivity index (χ0n) is 14.9. The summed E-state index contributed by atoms with van der Waals surface area (Å²) in [5.74, 6) is 0.821. The van der Waals surface area contributed by atoms with Gasteiger partial charge in [0.05, 0.1) is 14.8 Å². The Labute approximate surface area is 163 Å². The number of sulfone groups is 1. The number of benzene rings is 2. The van der Waals surface area contributed by atoms with Gasteiger partial charge in [0, 0.05) is 37.8 Å². The molecule has 7 heteroatoms. The molecule has 0 spiro atoms. The smallest absolute Gasteiger partial charge is 0.208 e. The molecular formula is C20H20ClN3O2S. The first-order valence-corrected chi connectivity index (χ1v) is 10.7. The van der Waals surface area contributed by atoms with E-state index in [1.54, 1.807) is 43.5 Å². The zero-order chi connectivity index (χ0) is 19.0. The standard InChI is InChI=1S/C20H20ClN3O2S/c1-14-3-2-4-18(21)19(14)27(25,26)16-6-5-15-7-8-23-20(17(15)13-16)24-11-9-22-10-12-24/h2-8,13,22H,9-12H2,1H3. The third-order valence-electron chi connectivity index (χ3n) is 4.88. The summed E-state index contributed by atoms with van der Waals surface area (Å²) in [6, 6.07) is 12.2. The summed E-state index contributed by atoms with van der Waals surface area (Å²) in [6.07, 6.45) is 1.77. The topological polar surface area (TPSA) is 62.3 Å². The summed E-state index contributed by atoms with van der Waals surface area (Å²) in [4.78, 5) is 7.13. The number of piperazine rings is 1. The van der Waals surface area contributed by atoms with Gasteiger partial charge in [0.2, 0.25) is 9.84 Å². The van der Waals surface area contributed by atoms with Gasteiger partial charge in [-0.2, -0.15) is 0 Å². The Kier molecular flexibility index (Phi) is 4.80. The Bertz CT molecular complexity index is 1090. The average molecular weight is 402 g/mol. The number of anilines is 1. The van der Waals surface area contributed by atoms with Gasteiger partial charge in [-0.15, -0.1) is 0 Å². The monoisotopic (exact) mass is 401 g/mol. The van der Waals surface area contributed by atoms with E-state index in [0.29, 0.717) is 5.56 Å². The molecule has 1 aromatic heterocycles.